The number of rotatable bonds is 13. The summed E-state index contributed by atoms with van der Waals surface area (Å²) in [6.45, 7) is 0.529. The zero-order valence-electron chi connectivity index (χ0n) is 17.0. The Morgan fingerprint density at radius 3 is 2.23 bits per heavy atom. The van der Waals surface area contributed by atoms with Gasteiger partial charge in [-0.15, -0.1) is 0 Å². The molecule has 9 nitrogen and oxygen atoms in total. The van der Waals surface area contributed by atoms with Crippen LogP contribution < -0.4 is 10.6 Å². The molecule has 0 saturated carbocycles. The standard InChI is InChI=1S/C16H29N3O6S5/c1-29(22,23)27-9-7-19(8-10-28-30(2,24)25)14(20)6-4-3-5-13-15-12(11-26-13)17-16(21)18-15/h12-13,15H,3-11H2,1-2H3,(H2,17,18,21)/t12-,13-,15-/m1/s1. The second kappa shape index (κ2) is 11.5. The summed E-state index contributed by atoms with van der Waals surface area (Å²) in [6, 6.07) is 0.222. The summed E-state index contributed by atoms with van der Waals surface area (Å²) >= 11 is 1.84. The number of hydrogen-bond donors (Lipinski definition) is 2. The van der Waals surface area contributed by atoms with E-state index in [2.05, 4.69) is 10.6 Å². The molecule has 3 amide bonds. The largest absolute Gasteiger partial charge is 0.341 e. The maximum absolute atomic E-state index is 12.6. The zero-order valence-corrected chi connectivity index (χ0v) is 21.1. The molecule has 2 aliphatic rings. The normalized spacial score (nSPS) is 23.7. The minimum atomic E-state index is -3.19. The average molecular weight is 520 g/mol. The number of unbranched alkanes of at least 4 members (excludes halogenated alkanes) is 1. The van der Waals surface area contributed by atoms with E-state index in [0.717, 1.165) is 52.7 Å². The van der Waals surface area contributed by atoms with Crippen molar-refractivity contribution in [2.45, 2.75) is 43.0 Å². The number of fused-ring (bicyclic) bond motifs is 1. The first-order valence-electron chi connectivity index (χ1n) is 9.60. The molecular formula is C16H29N3O6S5. The number of nitrogens with one attached hydrogen (secondary N) is 2. The van der Waals surface area contributed by atoms with E-state index in [1.165, 1.54) is 0 Å². The maximum atomic E-state index is 12.6. The number of carbonyl (C=O) groups is 2. The average Bonchev–Trinajstić information content (AvgIpc) is 3.14. The molecule has 174 valence electrons. The number of nitrogens with zero attached hydrogens (tertiary/aromatic N) is 1. The van der Waals surface area contributed by atoms with E-state index < -0.39 is 17.7 Å². The number of thioether (sulfide) groups is 1. The van der Waals surface area contributed by atoms with Crippen molar-refractivity contribution in [3.05, 3.63) is 0 Å². The fraction of sp³-hybridized carbons (Fsp3) is 0.875. The molecule has 2 saturated heterocycles. The smallest absolute Gasteiger partial charge is 0.315 e. The van der Waals surface area contributed by atoms with Gasteiger partial charge in [0.05, 0.1) is 12.1 Å². The lowest BCUT2D eigenvalue weighted by molar-refractivity contribution is -0.130. The Bertz CT molecular complexity index is 781. The van der Waals surface area contributed by atoms with E-state index in [-0.39, 0.29) is 48.6 Å². The number of carbonyl (C=O) groups excluding carboxylic acids is 2. The van der Waals surface area contributed by atoms with Gasteiger partial charge in [0.25, 0.3) is 0 Å². The van der Waals surface area contributed by atoms with E-state index in [4.69, 9.17) is 0 Å². The second-order valence-electron chi connectivity index (χ2n) is 7.30. The first kappa shape index (κ1) is 25.9. The third kappa shape index (κ3) is 9.45. The monoisotopic (exact) mass is 519 g/mol. The van der Waals surface area contributed by atoms with Gasteiger partial charge in [-0.2, -0.15) is 11.8 Å². The van der Waals surface area contributed by atoms with Crippen molar-refractivity contribution < 1.29 is 26.4 Å². The van der Waals surface area contributed by atoms with Crippen LogP contribution in [0.2, 0.25) is 0 Å². The van der Waals surface area contributed by atoms with Crippen LogP contribution >= 0.6 is 33.3 Å². The van der Waals surface area contributed by atoms with E-state index in [1.807, 2.05) is 11.8 Å². The SMILES string of the molecule is CS(=O)(=O)SCCN(CCSS(C)(=O)=O)C(=O)CCCC[C@H]1SC[C@H]2NC(=O)N[C@H]21. The molecular weight excluding hydrogens is 491 g/mol. The van der Waals surface area contributed by atoms with E-state index in [0.29, 0.717) is 18.1 Å². The second-order valence-corrected chi connectivity index (χ2v) is 17.7. The van der Waals surface area contributed by atoms with Gasteiger partial charge in [0.1, 0.15) is 0 Å². The summed E-state index contributed by atoms with van der Waals surface area (Å²) in [4.78, 5) is 25.6. The fourth-order valence-corrected chi connectivity index (χ4v) is 8.38. The van der Waals surface area contributed by atoms with Crippen LogP contribution in [0.5, 0.6) is 0 Å². The molecule has 0 radical (unpaired) electrons. The molecule has 0 bridgehead atoms. The highest BCUT2D eigenvalue weighted by Gasteiger charge is 2.42. The maximum Gasteiger partial charge on any atom is 0.315 e. The van der Waals surface area contributed by atoms with Gasteiger partial charge in [-0.25, -0.2) is 21.6 Å². The number of hydrogen-bond acceptors (Lipinski definition) is 9. The minimum absolute atomic E-state index is 0.0917. The summed E-state index contributed by atoms with van der Waals surface area (Å²) in [5, 5.41) is 6.21. The van der Waals surface area contributed by atoms with Crippen LogP contribution in [0.1, 0.15) is 25.7 Å². The zero-order chi connectivity index (χ0) is 22.4. The lowest BCUT2D eigenvalue weighted by Crippen LogP contribution is -2.37. The van der Waals surface area contributed by atoms with E-state index in [9.17, 15) is 26.4 Å². The van der Waals surface area contributed by atoms with Crippen LogP contribution in [0.4, 0.5) is 4.79 Å². The Morgan fingerprint density at radius 1 is 1.07 bits per heavy atom. The van der Waals surface area contributed by atoms with Gasteiger partial charge in [0.15, 0.2) is 17.7 Å². The van der Waals surface area contributed by atoms with Crippen LogP contribution in [-0.4, -0.2) is 93.9 Å². The van der Waals surface area contributed by atoms with Crippen molar-refractivity contribution >= 4 is 63.0 Å². The van der Waals surface area contributed by atoms with Crippen molar-refractivity contribution in [1.82, 2.24) is 15.5 Å². The molecule has 3 atom stereocenters. The Balaban J connectivity index is 1.75. The van der Waals surface area contributed by atoms with Crippen LogP contribution in [0, 0.1) is 0 Å². The lowest BCUT2D eigenvalue weighted by atomic mass is 10.0. The van der Waals surface area contributed by atoms with Crippen LogP contribution in [-0.2, 0) is 22.5 Å². The highest BCUT2D eigenvalue weighted by molar-refractivity contribution is 8.72. The van der Waals surface area contributed by atoms with Gasteiger partial charge in [-0.3, -0.25) is 4.79 Å². The molecule has 2 heterocycles. The molecule has 0 aromatic carbocycles. The fourth-order valence-electron chi connectivity index (χ4n) is 3.38. The predicted octanol–water partition coefficient (Wildman–Crippen LogP) is 0.926. The quantitative estimate of drug-likeness (QED) is 0.207. The molecule has 14 heteroatoms. The Labute approximate surface area is 190 Å². The highest BCUT2D eigenvalue weighted by atomic mass is 33.1. The molecule has 0 spiro atoms. The Hall–Kier alpha value is -0.310. The number of urea groups is 1. The van der Waals surface area contributed by atoms with Crippen molar-refractivity contribution in [1.29, 1.82) is 0 Å². The molecule has 0 aromatic heterocycles. The van der Waals surface area contributed by atoms with Crippen LogP contribution in [0.25, 0.3) is 0 Å². The first-order chi connectivity index (χ1) is 13.9. The summed E-state index contributed by atoms with van der Waals surface area (Å²) in [6.07, 6.45) is 5.04. The topological polar surface area (TPSA) is 130 Å². The first-order valence-corrected chi connectivity index (χ1v) is 17.4. The van der Waals surface area contributed by atoms with Gasteiger partial charge >= 0.3 is 6.03 Å². The van der Waals surface area contributed by atoms with Crippen molar-refractivity contribution in [2.75, 3.05) is 42.9 Å². The molecule has 0 aliphatic carbocycles. The molecule has 2 aliphatic heterocycles. The third-order valence-electron chi connectivity index (χ3n) is 4.74. The van der Waals surface area contributed by atoms with Crippen molar-refractivity contribution in [2.24, 2.45) is 0 Å². The van der Waals surface area contributed by atoms with Gasteiger partial charge in [-0.05, 0) is 34.4 Å². The highest BCUT2D eigenvalue weighted by Crippen LogP contribution is 2.33. The van der Waals surface area contributed by atoms with E-state index >= 15 is 0 Å². The number of amides is 3. The van der Waals surface area contributed by atoms with Gasteiger partial charge < -0.3 is 15.5 Å². The van der Waals surface area contributed by atoms with Gasteiger partial charge in [0, 0.05) is 54.5 Å². The Morgan fingerprint density at radius 2 is 1.67 bits per heavy atom. The van der Waals surface area contributed by atoms with Gasteiger partial charge in [0.2, 0.25) is 5.91 Å². The summed E-state index contributed by atoms with van der Waals surface area (Å²) in [7, 11) is -4.82. The van der Waals surface area contributed by atoms with E-state index in [1.54, 1.807) is 4.90 Å². The van der Waals surface area contributed by atoms with Gasteiger partial charge in [-0.1, -0.05) is 6.42 Å². The summed E-state index contributed by atoms with van der Waals surface area (Å²) in [5.41, 5.74) is 0. The molecule has 0 unspecified atom stereocenters. The third-order valence-corrected chi connectivity index (χ3v) is 11.4. The van der Waals surface area contributed by atoms with Crippen molar-refractivity contribution in [3.8, 4) is 0 Å². The summed E-state index contributed by atoms with van der Waals surface area (Å²) in [5.74, 6) is 1.31. The molecule has 2 N–H and O–H groups in total. The minimum Gasteiger partial charge on any atom is -0.341 e. The van der Waals surface area contributed by atoms with Crippen LogP contribution in [0.15, 0.2) is 0 Å². The Kier molecular flexibility index (Phi) is 9.97. The summed E-state index contributed by atoms with van der Waals surface area (Å²) < 4.78 is 45.2. The van der Waals surface area contributed by atoms with Crippen molar-refractivity contribution in [3.63, 3.8) is 0 Å². The lowest BCUT2D eigenvalue weighted by Gasteiger charge is -2.22. The molecule has 30 heavy (non-hydrogen) atoms. The molecule has 2 rings (SSSR count). The van der Waals surface area contributed by atoms with Crippen LogP contribution in [0.3, 0.4) is 0 Å². The molecule has 0 aromatic rings. The molecule has 2 fully saturated rings. The predicted molar refractivity (Wildman–Crippen MR) is 125 cm³/mol.